The predicted molar refractivity (Wildman–Crippen MR) is 116 cm³/mol. The quantitative estimate of drug-likeness (QED) is 0.497. The maximum absolute atomic E-state index is 5.92. The van der Waals surface area contributed by atoms with Crippen molar-refractivity contribution >= 4 is 5.96 Å². The minimum Gasteiger partial charge on any atom is -0.493 e. The third kappa shape index (κ3) is 6.48. The number of aliphatic imine (C=N–C) groups is 1. The van der Waals surface area contributed by atoms with Crippen molar-refractivity contribution in [2.24, 2.45) is 4.99 Å². The van der Waals surface area contributed by atoms with Crippen molar-refractivity contribution < 1.29 is 18.9 Å². The number of aryl methyl sites for hydroxylation is 1. The fourth-order valence-corrected chi connectivity index (χ4v) is 2.78. The Hall–Kier alpha value is -3.09. The second-order valence-corrected chi connectivity index (χ2v) is 6.58. The molecule has 1 unspecified atom stereocenters. The molecular weight excluding hydrogens is 370 g/mol. The van der Waals surface area contributed by atoms with Crippen LogP contribution in [-0.4, -0.2) is 47.0 Å². The van der Waals surface area contributed by atoms with Gasteiger partial charge in [-0.1, -0.05) is 17.7 Å². The summed E-state index contributed by atoms with van der Waals surface area (Å²) in [6.45, 7) is 5.23. The molecule has 0 aromatic heterocycles. The number of rotatable bonds is 9. The molecule has 0 amide bonds. The highest BCUT2D eigenvalue weighted by Crippen LogP contribution is 2.38. The zero-order valence-electron chi connectivity index (χ0n) is 18.0. The Balaban J connectivity index is 1.91. The van der Waals surface area contributed by atoms with Crippen LogP contribution in [0.5, 0.6) is 23.0 Å². The first-order chi connectivity index (χ1) is 14.0. The van der Waals surface area contributed by atoms with Gasteiger partial charge in [0, 0.05) is 13.6 Å². The van der Waals surface area contributed by atoms with Crippen LogP contribution in [0, 0.1) is 6.92 Å². The minimum atomic E-state index is -0.0163. The maximum atomic E-state index is 5.92. The molecule has 0 radical (unpaired) electrons. The van der Waals surface area contributed by atoms with Crippen molar-refractivity contribution in [3.8, 4) is 23.0 Å². The molecule has 7 nitrogen and oxygen atoms in total. The van der Waals surface area contributed by atoms with E-state index in [1.165, 1.54) is 5.56 Å². The molecule has 2 N–H and O–H groups in total. The van der Waals surface area contributed by atoms with Crippen LogP contribution in [0.25, 0.3) is 0 Å². The zero-order chi connectivity index (χ0) is 21.2. The molecule has 0 saturated carbocycles. The maximum Gasteiger partial charge on any atom is 0.203 e. The molecule has 0 spiro atoms. The number of nitrogens with zero attached hydrogens (tertiary/aromatic N) is 1. The van der Waals surface area contributed by atoms with Crippen molar-refractivity contribution in [1.82, 2.24) is 10.6 Å². The summed E-state index contributed by atoms with van der Waals surface area (Å²) in [5.74, 6) is 3.34. The highest BCUT2D eigenvalue weighted by molar-refractivity contribution is 5.79. The molecule has 0 aliphatic carbocycles. The lowest BCUT2D eigenvalue weighted by atomic mass is 10.2. The Morgan fingerprint density at radius 2 is 1.59 bits per heavy atom. The second-order valence-electron chi connectivity index (χ2n) is 6.58. The minimum absolute atomic E-state index is 0.0163. The molecule has 7 heteroatoms. The van der Waals surface area contributed by atoms with Crippen LogP contribution in [0.2, 0.25) is 0 Å². The molecular formula is C22H31N3O4. The smallest absolute Gasteiger partial charge is 0.203 e. The number of ether oxygens (including phenoxy) is 4. The van der Waals surface area contributed by atoms with Gasteiger partial charge in [0.2, 0.25) is 5.75 Å². The van der Waals surface area contributed by atoms with Crippen molar-refractivity contribution in [3.05, 3.63) is 47.5 Å². The molecule has 158 valence electrons. The number of hydrogen-bond acceptors (Lipinski definition) is 5. The summed E-state index contributed by atoms with van der Waals surface area (Å²) in [5.41, 5.74) is 2.19. The van der Waals surface area contributed by atoms with E-state index in [-0.39, 0.29) is 6.10 Å². The third-order valence-electron chi connectivity index (χ3n) is 4.32. The third-order valence-corrected chi connectivity index (χ3v) is 4.32. The topological polar surface area (TPSA) is 73.3 Å². The monoisotopic (exact) mass is 401 g/mol. The van der Waals surface area contributed by atoms with E-state index in [1.807, 2.05) is 43.3 Å². The van der Waals surface area contributed by atoms with E-state index in [0.717, 1.165) is 11.3 Å². The lowest BCUT2D eigenvalue weighted by Crippen LogP contribution is -2.41. The summed E-state index contributed by atoms with van der Waals surface area (Å²) in [6, 6.07) is 11.8. The van der Waals surface area contributed by atoms with Gasteiger partial charge in [-0.15, -0.1) is 0 Å². The Kier molecular flexibility index (Phi) is 8.45. The van der Waals surface area contributed by atoms with Gasteiger partial charge in [-0.25, -0.2) is 0 Å². The zero-order valence-corrected chi connectivity index (χ0v) is 18.0. The Morgan fingerprint density at radius 3 is 2.10 bits per heavy atom. The summed E-state index contributed by atoms with van der Waals surface area (Å²) in [5, 5.41) is 6.56. The Morgan fingerprint density at radius 1 is 0.966 bits per heavy atom. The van der Waals surface area contributed by atoms with E-state index in [2.05, 4.69) is 22.5 Å². The molecule has 0 heterocycles. The first-order valence-corrected chi connectivity index (χ1v) is 9.47. The van der Waals surface area contributed by atoms with Gasteiger partial charge in [-0.3, -0.25) is 4.99 Å². The SMILES string of the molecule is CN=C(NCc1cc(OC)c(OC)c(OC)c1)NCC(C)Oc1ccc(C)cc1. The number of hydrogen-bond donors (Lipinski definition) is 2. The van der Waals surface area contributed by atoms with Crippen LogP contribution < -0.4 is 29.6 Å². The molecule has 0 fully saturated rings. The van der Waals surface area contributed by atoms with E-state index in [9.17, 15) is 0 Å². The van der Waals surface area contributed by atoms with E-state index in [4.69, 9.17) is 18.9 Å². The number of benzene rings is 2. The largest absolute Gasteiger partial charge is 0.493 e. The summed E-state index contributed by atoms with van der Waals surface area (Å²) >= 11 is 0. The fraction of sp³-hybridized carbons (Fsp3) is 0.409. The normalized spacial score (nSPS) is 12.1. The van der Waals surface area contributed by atoms with Gasteiger partial charge >= 0.3 is 0 Å². The molecule has 0 bridgehead atoms. The summed E-state index contributed by atoms with van der Waals surface area (Å²) in [7, 11) is 6.52. The summed E-state index contributed by atoms with van der Waals surface area (Å²) in [4.78, 5) is 4.26. The van der Waals surface area contributed by atoms with Crippen molar-refractivity contribution in [2.45, 2.75) is 26.5 Å². The van der Waals surface area contributed by atoms with Gasteiger partial charge < -0.3 is 29.6 Å². The van der Waals surface area contributed by atoms with Crippen molar-refractivity contribution in [3.63, 3.8) is 0 Å². The molecule has 0 aliphatic heterocycles. The van der Waals surface area contributed by atoms with E-state index in [0.29, 0.717) is 36.3 Å². The summed E-state index contributed by atoms with van der Waals surface area (Å²) in [6.07, 6.45) is -0.0163. The van der Waals surface area contributed by atoms with Gasteiger partial charge in [0.15, 0.2) is 17.5 Å². The van der Waals surface area contributed by atoms with E-state index in [1.54, 1.807) is 28.4 Å². The molecule has 0 saturated heterocycles. The van der Waals surface area contributed by atoms with Gasteiger partial charge in [-0.05, 0) is 43.7 Å². The summed E-state index contributed by atoms with van der Waals surface area (Å²) < 4.78 is 22.1. The van der Waals surface area contributed by atoms with Crippen LogP contribution in [0.15, 0.2) is 41.4 Å². The lowest BCUT2D eigenvalue weighted by Gasteiger charge is -2.18. The molecule has 2 aromatic carbocycles. The molecule has 0 aliphatic rings. The first-order valence-electron chi connectivity index (χ1n) is 9.47. The van der Waals surface area contributed by atoms with Crippen LogP contribution in [-0.2, 0) is 6.54 Å². The van der Waals surface area contributed by atoms with Gasteiger partial charge in [-0.2, -0.15) is 0 Å². The Labute approximate surface area is 173 Å². The van der Waals surface area contributed by atoms with Crippen LogP contribution in [0.4, 0.5) is 0 Å². The van der Waals surface area contributed by atoms with E-state index < -0.39 is 0 Å². The first kappa shape index (κ1) is 22.2. The molecule has 2 rings (SSSR count). The average molecular weight is 402 g/mol. The molecule has 29 heavy (non-hydrogen) atoms. The molecule has 1 atom stereocenters. The lowest BCUT2D eigenvalue weighted by molar-refractivity contribution is 0.224. The fourth-order valence-electron chi connectivity index (χ4n) is 2.78. The predicted octanol–water partition coefficient (Wildman–Crippen LogP) is 3.15. The Bertz CT molecular complexity index is 781. The average Bonchev–Trinajstić information content (AvgIpc) is 2.74. The number of nitrogens with one attached hydrogen (secondary N) is 2. The van der Waals surface area contributed by atoms with Gasteiger partial charge in [0.1, 0.15) is 11.9 Å². The highest BCUT2D eigenvalue weighted by atomic mass is 16.5. The number of methoxy groups -OCH3 is 3. The van der Waals surface area contributed by atoms with Crippen LogP contribution in [0.3, 0.4) is 0 Å². The van der Waals surface area contributed by atoms with Crippen LogP contribution >= 0.6 is 0 Å². The van der Waals surface area contributed by atoms with Crippen LogP contribution in [0.1, 0.15) is 18.1 Å². The second kappa shape index (κ2) is 11.0. The van der Waals surface area contributed by atoms with Crippen molar-refractivity contribution in [2.75, 3.05) is 34.9 Å². The van der Waals surface area contributed by atoms with Crippen molar-refractivity contribution in [1.29, 1.82) is 0 Å². The highest BCUT2D eigenvalue weighted by Gasteiger charge is 2.13. The van der Waals surface area contributed by atoms with Gasteiger partial charge in [0.25, 0.3) is 0 Å². The molecule has 2 aromatic rings. The van der Waals surface area contributed by atoms with E-state index >= 15 is 0 Å². The standard InChI is InChI=1S/C22H31N3O4/c1-15-7-9-18(10-8-15)29-16(2)13-24-22(23-3)25-14-17-11-19(26-4)21(28-6)20(12-17)27-5/h7-12,16H,13-14H2,1-6H3,(H2,23,24,25). The van der Waals surface area contributed by atoms with Gasteiger partial charge in [0.05, 0.1) is 27.9 Å². The number of guanidine groups is 1.